The zero-order valence-electron chi connectivity index (χ0n) is 11.5. The predicted molar refractivity (Wildman–Crippen MR) is 70.8 cm³/mol. The van der Waals surface area contributed by atoms with Crippen molar-refractivity contribution in [1.29, 1.82) is 0 Å². The SMILES string of the molecule is FC1(F)c2c[c-]c3c(ccc4cccnc43)c2C(F)(F)C1(F)F.[Ir]. The van der Waals surface area contributed by atoms with E-state index in [0.29, 0.717) is 11.5 Å². The van der Waals surface area contributed by atoms with Gasteiger partial charge in [0.05, 0.1) is 0 Å². The zero-order valence-corrected chi connectivity index (χ0v) is 13.9. The summed E-state index contributed by atoms with van der Waals surface area (Å²) >= 11 is 0. The predicted octanol–water partition coefficient (Wildman–Crippen LogP) is 5.02. The first kappa shape index (κ1) is 17.2. The minimum Gasteiger partial charge on any atom is -0.304 e. The molecule has 0 aliphatic heterocycles. The Balaban J connectivity index is 0.00000169. The summed E-state index contributed by atoms with van der Waals surface area (Å²) in [6.45, 7) is 0. The molecule has 1 aliphatic carbocycles. The number of nitrogens with zero attached hydrogens (tertiary/aromatic N) is 1. The second kappa shape index (κ2) is 4.92. The molecule has 0 fully saturated rings. The standard InChI is InChI=1S/C16H6F6N.Ir/c17-14(18)11-6-5-10-9(12(11)15(19,20)16(14,21)22)4-3-8-2-1-7-23-13(8)10;/h1-4,6-7H;/q-1;. The Morgan fingerprint density at radius 1 is 0.917 bits per heavy atom. The number of benzene rings is 2. The van der Waals surface area contributed by atoms with Crippen molar-refractivity contribution in [1.82, 2.24) is 4.98 Å². The molecule has 0 amide bonds. The van der Waals surface area contributed by atoms with Crippen molar-refractivity contribution in [2.45, 2.75) is 17.8 Å². The van der Waals surface area contributed by atoms with Crippen LogP contribution < -0.4 is 0 Å². The monoisotopic (exact) mass is 519 g/mol. The van der Waals surface area contributed by atoms with Crippen molar-refractivity contribution >= 4 is 21.7 Å². The van der Waals surface area contributed by atoms with Crippen LogP contribution in [0.2, 0.25) is 0 Å². The third kappa shape index (κ3) is 1.78. The Hall–Kier alpha value is -1.66. The molecule has 1 nitrogen and oxygen atoms in total. The van der Waals surface area contributed by atoms with Crippen LogP contribution in [0, 0.1) is 6.07 Å². The first-order valence-corrected chi connectivity index (χ1v) is 6.56. The van der Waals surface area contributed by atoms with Crippen LogP contribution in [-0.2, 0) is 32.0 Å². The molecule has 0 bridgehead atoms. The van der Waals surface area contributed by atoms with Crippen molar-refractivity contribution in [3.05, 3.63) is 53.7 Å². The summed E-state index contributed by atoms with van der Waals surface area (Å²) in [7, 11) is 0. The van der Waals surface area contributed by atoms with Gasteiger partial charge in [0, 0.05) is 26.3 Å². The van der Waals surface area contributed by atoms with E-state index >= 15 is 0 Å². The number of aromatic nitrogens is 1. The van der Waals surface area contributed by atoms with Gasteiger partial charge in [-0.3, -0.25) is 0 Å². The fourth-order valence-electron chi connectivity index (χ4n) is 2.97. The molecule has 4 rings (SSSR count). The largest absolute Gasteiger partial charge is 0.370 e. The van der Waals surface area contributed by atoms with Gasteiger partial charge >= 0.3 is 17.8 Å². The van der Waals surface area contributed by atoms with Crippen molar-refractivity contribution in [3.8, 4) is 0 Å². The van der Waals surface area contributed by atoms with Gasteiger partial charge in [0.1, 0.15) is 0 Å². The average molecular weight is 518 g/mol. The molecule has 1 aromatic heterocycles. The van der Waals surface area contributed by atoms with E-state index in [1.165, 1.54) is 12.3 Å². The minimum atomic E-state index is -5.50. The molecule has 0 spiro atoms. The van der Waals surface area contributed by atoms with Crippen LogP contribution in [0.4, 0.5) is 26.3 Å². The van der Waals surface area contributed by atoms with Crippen LogP contribution in [0.1, 0.15) is 11.1 Å². The third-order valence-corrected chi connectivity index (χ3v) is 4.12. The molecular weight excluding hydrogens is 512 g/mol. The van der Waals surface area contributed by atoms with E-state index in [9.17, 15) is 26.3 Å². The fraction of sp³-hybridized carbons (Fsp3) is 0.188. The van der Waals surface area contributed by atoms with E-state index < -0.39 is 34.3 Å². The molecule has 0 saturated carbocycles. The Morgan fingerprint density at radius 2 is 1.62 bits per heavy atom. The summed E-state index contributed by atoms with van der Waals surface area (Å²) in [5, 5.41) is 0.182. The number of hydrogen-bond donors (Lipinski definition) is 0. The average Bonchev–Trinajstić information content (AvgIpc) is 2.62. The molecule has 3 aromatic rings. The minimum absolute atomic E-state index is 0. The van der Waals surface area contributed by atoms with E-state index in [1.54, 1.807) is 12.1 Å². The second-order valence-corrected chi connectivity index (χ2v) is 5.36. The topological polar surface area (TPSA) is 12.9 Å². The molecule has 127 valence electrons. The molecular formula is C16H6F6IrN-. The first-order chi connectivity index (χ1) is 10.7. The Morgan fingerprint density at radius 3 is 2.33 bits per heavy atom. The first-order valence-electron chi connectivity index (χ1n) is 6.56. The zero-order chi connectivity index (χ0) is 16.6. The van der Waals surface area contributed by atoms with E-state index in [0.717, 1.165) is 6.07 Å². The number of fused-ring (bicyclic) bond motifs is 5. The maximum Gasteiger partial charge on any atom is 0.370 e. The van der Waals surface area contributed by atoms with Gasteiger partial charge in [0.25, 0.3) is 0 Å². The number of rotatable bonds is 0. The number of halogens is 6. The molecule has 24 heavy (non-hydrogen) atoms. The van der Waals surface area contributed by atoms with E-state index in [1.807, 2.05) is 0 Å². The summed E-state index contributed by atoms with van der Waals surface area (Å²) < 4.78 is 82.9. The van der Waals surface area contributed by atoms with Crippen LogP contribution >= 0.6 is 0 Å². The van der Waals surface area contributed by atoms with Gasteiger partial charge in [-0.15, -0.1) is 17.5 Å². The second-order valence-electron chi connectivity index (χ2n) is 5.36. The third-order valence-electron chi connectivity index (χ3n) is 4.12. The molecule has 0 N–H and O–H groups in total. The quantitative estimate of drug-likeness (QED) is 0.232. The fourth-order valence-corrected chi connectivity index (χ4v) is 2.97. The van der Waals surface area contributed by atoms with Crippen molar-refractivity contribution in [2.75, 3.05) is 0 Å². The van der Waals surface area contributed by atoms with E-state index in [4.69, 9.17) is 0 Å². The van der Waals surface area contributed by atoms with Crippen LogP contribution in [0.5, 0.6) is 0 Å². The van der Waals surface area contributed by atoms with E-state index in [2.05, 4.69) is 11.1 Å². The molecule has 8 heteroatoms. The van der Waals surface area contributed by atoms with Crippen LogP contribution in [0.15, 0.2) is 36.5 Å². The van der Waals surface area contributed by atoms with Gasteiger partial charge in [0.15, 0.2) is 0 Å². The van der Waals surface area contributed by atoms with Gasteiger partial charge in [-0.05, 0) is 28.1 Å². The van der Waals surface area contributed by atoms with Crippen molar-refractivity contribution in [2.24, 2.45) is 0 Å². The molecule has 0 saturated heterocycles. The van der Waals surface area contributed by atoms with Crippen LogP contribution in [-0.4, -0.2) is 10.9 Å². The van der Waals surface area contributed by atoms with Crippen molar-refractivity contribution < 1.29 is 46.4 Å². The van der Waals surface area contributed by atoms with Crippen LogP contribution in [0.25, 0.3) is 21.7 Å². The Labute approximate surface area is 145 Å². The maximum atomic E-state index is 14.1. The van der Waals surface area contributed by atoms with Crippen LogP contribution in [0.3, 0.4) is 0 Å². The molecule has 0 unspecified atom stereocenters. The summed E-state index contributed by atoms with van der Waals surface area (Å²) in [5.41, 5.74) is -2.51. The van der Waals surface area contributed by atoms with Gasteiger partial charge in [-0.2, -0.15) is 17.6 Å². The smallest absolute Gasteiger partial charge is 0.304 e. The summed E-state index contributed by atoms with van der Waals surface area (Å²) in [6.07, 6.45) is 1.39. The molecule has 1 heterocycles. The molecule has 0 atom stereocenters. The summed E-state index contributed by atoms with van der Waals surface area (Å²) in [6, 6.07) is 8.69. The normalized spacial score (nSPS) is 19.9. The molecule has 1 radical (unpaired) electrons. The number of pyridine rings is 1. The molecule has 2 aromatic carbocycles. The summed E-state index contributed by atoms with van der Waals surface area (Å²) in [5.74, 6) is -15.4. The number of alkyl halides is 6. The molecule has 1 aliphatic rings. The Bertz CT molecular complexity index is 969. The maximum absolute atomic E-state index is 14.1. The van der Waals surface area contributed by atoms with Gasteiger partial charge in [-0.1, -0.05) is 23.6 Å². The van der Waals surface area contributed by atoms with E-state index in [-0.39, 0.29) is 31.0 Å². The Kier molecular flexibility index (Phi) is 3.52. The van der Waals surface area contributed by atoms with Crippen molar-refractivity contribution in [3.63, 3.8) is 0 Å². The number of hydrogen-bond acceptors (Lipinski definition) is 1. The van der Waals surface area contributed by atoms with Gasteiger partial charge in [-0.25, -0.2) is 8.78 Å². The van der Waals surface area contributed by atoms with Gasteiger partial charge < -0.3 is 4.98 Å². The summed E-state index contributed by atoms with van der Waals surface area (Å²) in [4.78, 5) is 4.00. The van der Waals surface area contributed by atoms with Gasteiger partial charge in [0.2, 0.25) is 0 Å².